The number of carbonyl (C=O) groups is 2. The lowest BCUT2D eigenvalue weighted by atomic mass is 9.80. The van der Waals surface area contributed by atoms with Gasteiger partial charge in [0.05, 0.1) is 35.8 Å². The van der Waals surface area contributed by atoms with E-state index in [2.05, 4.69) is 10.3 Å². The number of nitrogens with one attached hydrogen (secondary N) is 1. The molecule has 3 rings (SSSR count). The van der Waals surface area contributed by atoms with E-state index in [9.17, 15) is 9.59 Å². The maximum Gasteiger partial charge on any atom is 0.336 e. The molecule has 0 bridgehead atoms. The summed E-state index contributed by atoms with van der Waals surface area (Å²) in [6.07, 6.45) is 0. The Kier molecular flexibility index (Phi) is 6.23. The minimum absolute atomic E-state index is 0.212. The van der Waals surface area contributed by atoms with Gasteiger partial charge in [0.25, 0.3) is 0 Å². The Morgan fingerprint density at radius 2 is 1.59 bits per heavy atom. The lowest BCUT2D eigenvalue weighted by Crippen LogP contribution is -2.32. The Labute approximate surface area is 174 Å². The third kappa shape index (κ3) is 3.98. The first-order chi connectivity index (χ1) is 13.9. The van der Waals surface area contributed by atoms with Gasteiger partial charge in [0, 0.05) is 22.3 Å². The van der Waals surface area contributed by atoms with Gasteiger partial charge in [-0.25, -0.2) is 14.6 Å². The first-order valence-electron chi connectivity index (χ1n) is 9.46. The molecule has 1 aliphatic heterocycles. The molecule has 0 radical (unpaired) electrons. The van der Waals surface area contributed by atoms with Crippen molar-refractivity contribution in [3.05, 3.63) is 63.6 Å². The van der Waals surface area contributed by atoms with Crippen LogP contribution in [0, 0.1) is 0 Å². The van der Waals surface area contributed by atoms with Gasteiger partial charge in [-0.3, -0.25) is 0 Å². The zero-order valence-corrected chi connectivity index (χ0v) is 17.6. The molecule has 2 aromatic rings. The van der Waals surface area contributed by atoms with Gasteiger partial charge in [-0.05, 0) is 39.8 Å². The summed E-state index contributed by atoms with van der Waals surface area (Å²) in [7, 11) is 0. The lowest BCUT2D eigenvalue weighted by molar-refractivity contribution is -0.139. The topological polar surface area (TPSA) is 77.5 Å². The predicted octanol–water partition coefficient (Wildman–Crippen LogP) is 4.25. The SMILES string of the molecule is CCOC(=O)C1=C(C)NC(C)=C(C(=O)OCC)C1c1cc2ccccc2nc1Cl. The van der Waals surface area contributed by atoms with Crippen molar-refractivity contribution in [2.75, 3.05) is 13.2 Å². The molecule has 0 amide bonds. The van der Waals surface area contributed by atoms with Gasteiger partial charge >= 0.3 is 11.9 Å². The molecule has 0 fully saturated rings. The second-order valence-electron chi connectivity index (χ2n) is 6.64. The molecule has 1 N–H and O–H groups in total. The zero-order chi connectivity index (χ0) is 21.1. The third-order valence-electron chi connectivity index (χ3n) is 4.77. The van der Waals surface area contributed by atoms with E-state index in [0.29, 0.717) is 28.1 Å². The van der Waals surface area contributed by atoms with Crippen LogP contribution in [-0.4, -0.2) is 30.1 Å². The van der Waals surface area contributed by atoms with Gasteiger partial charge in [-0.15, -0.1) is 0 Å². The smallest absolute Gasteiger partial charge is 0.336 e. The van der Waals surface area contributed by atoms with E-state index in [0.717, 1.165) is 10.9 Å². The molecule has 1 aromatic heterocycles. The highest BCUT2D eigenvalue weighted by atomic mass is 35.5. The summed E-state index contributed by atoms with van der Waals surface area (Å²) in [6, 6.07) is 9.39. The van der Waals surface area contributed by atoms with Crippen LogP contribution in [0.4, 0.5) is 0 Å². The highest BCUT2D eigenvalue weighted by molar-refractivity contribution is 6.31. The first kappa shape index (κ1) is 20.9. The molecular weight excluding hydrogens is 392 g/mol. The number of nitrogens with zero attached hydrogens (tertiary/aromatic N) is 1. The molecule has 152 valence electrons. The number of ether oxygens (including phenoxy) is 2. The number of esters is 2. The third-order valence-corrected chi connectivity index (χ3v) is 5.07. The number of aromatic nitrogens is 1. The zero-order valence-electron chi connectivity index (χ0n) is 16.8. The van der Waals surface area contributed by atoms with Crippen molar-refractivity contribution in [3.63, 3.8) is 0 Å². The fourth-order valence-corrected chi connectivity index (χ4v) is 3.83. The highest BCUT2D eigenvalue weighted by Gasteiger charge is 2.39. The Balaban J connectivity index is 2.27. The lowest BCUT2D eigenvalue weighted by Gasteiger charge is -2.30. The largest absolute Gasteiger partial charge is 0.463 e. The number of benzene rings is 1. The second-order valence-corrected chi connectivity index (χ2v) is 7.00. The summed E-state index contributed by atoms with van der Waals surface area (Å²) in [6.45, 7) is 7.43. The number of rotatable bonds is 5. The number of hydrogen-bond donors (Lipinski definition) is 1. The fourth-order valence-electron chi connectivity index (χ4n) is 3.58. The van der Waals surface area contributed by atoms with E-state index in [4.69, 9.17) is 21.1 Å². The van der Waals surface area contributed by atoms with E-state index < -0.39 is 17.9 Å². The average Bonchev–Trinajstić information content (AvgIpc) is 2.67. The molecule has 0 unspecified atom stereocenters. The Morgan fingerprint density at radius 3 is 2.14 bits per heavy atom. The minimum Gasteiger partial charge on any atom is -0.463 e. The predicted molar refractivity (Wildman–Crippen MR) is 111 cm³/mol. The van der Waals surface area contributed by atoms with Crippen molar-refractivity contribution in [1.82, 2.24) is 10.3 Å². The summed E-state index contributed by atoms with van der Waals surface area (Å²) < 4.78 is 10.6. The van der Waals surface area contributed by atoms with E-state index in [1.165, 1.54) is 0 Å². The molecule has 2 heterocycles. The number of halogens is 1. The Bertz CT molecular complexity index is 1000. The molecule has 0 saturated heterocycles. The van der Waals surface area contributed by atoms with Crippen LogP contribution in [0.25, 0.3) is 10.9 Å². The summed E-state index contributed by atoms with van der Waals surface area (Å²) >= 11 is 6.55. The van der Waals surface area contributed by atoms with Crippen LogP contribution in [0.15, 0.2) is 52.9 Å². The van der Waals surface area contributed by atoms with E-state index in [1.807, 2.05) is 30.3 Å². The van der Waals surface area contributed by atoms with Crippen molar-refractivity contribution in [2.45, 2.75) is 33.6 Å². The van der Waals surface area contributed by atoms with Gasteiger partial charge in [0.1, 0.15) is 5.15 Å². The van der Waals surface area contributed by atoms with Gasteiger partial charge in [0.15, 0.2) is 0 Å². The summed E-state index contributed by atoms with van der Waals surface area (Å²) in [4.78, 5) is 30.2. The van der Waals surface area contributed by atoms with Crippen molar-refractivity contribution in [1.29, 1.82) is 0 Å². The normalized spacial score (nSPS) is 14.8. The molecule has 6 nitrogen and oxygen atoms in total. The molecule has 0 spiro atoms. The quantitative estimate of drug-likeness (QED) is 0.582. The number of carbonyl (C=O) groups excluding carboxylic acids is 2. The van der Waals surface area contributed by atoms with Crippen LogP contribution in [0.5, 0.6) is 0 Å². The fraction of sp³-hybridized carbons (Fsp3) is 0.318. The number of dihydropyridines is 1. The standard InChI is InChI=1S/C22H23ClN2O4/c1-5-28-21(26)17-12(3)24-13(4)18(22(27)29-6-2)19(17)15-11-14-9-7-8-10-16(14)25-20(15)23/h7-11,19,24H,5-6H2,1-4H3. The number of fused-ring (bicyclic) bond motifs is 1. The molecule has 7 heteroatoms. The summed E-state index contributed by atoms with van der Waals surface area (Å²) in [5.74, 6) is -1.78. The Morgan fingerprint density at radius 1 is 1.03 bits per heavy atom. The molecular formula is C22H23ClN2O4. The molecule has 0 atom stereocenters. The number of para-hydroxylation sites is 1. The van der Waals surface area contributed by atoms with Crippen molar-refractivity contribution >= 4 is 34.4 Å². The maximum absolute atomic E-state index is 12.8. The number of pyridine rings is 1. The molecule has 1 aliphatic rings. The second kappa shape index (κ2) is 8.66. The van der Waals surface area contributed by atoms with Crippen LogP contribution >= 0.6 is 11.6 Å². The van der Waals surface area contributed by atoms with E-state index in [-0.39, 0.29) is 18.4 Å². The molecule has 0 saturated carbocycles. The van der Waals surface area contributed by atoms with Crippen molar-refractivity contribution < 1.29 is 19.1 Å². The van der Waals surface area contributed by atoms with Crippen LogP contribution in [0.2, 0.25) is 5.15 Å². The van der Waals surface area contributed by atoms with Crippen LogP contribution in [-0.2, 0) is 19.1 Å². The maximum atomic E-state index is 12.8. The van der Waals surface area contributed by atoms with Gasteiger partial charge < -0.3 is 14.8 Å². The summed E-state index contributed by atoms with van der Waals surface area (Å²) in [5, 5.41) is 4.18. The first-order valence-corrected chi connectivity index (χ1v) is 9.84. The van der Waals surface area contributed by atoms with Gasteiger partial charge in [0.2, 0.25) is 0 Å². The van der Waals surface area contributed by atoms with Crippen molar-refractivity contribution in [2.24, 2.45) is 0 Å². The molecule has 1 aromatic carbocycles. The molecule has 29 heavy (non-hydrogen) atoms. The molecule has 0 aliphatic carbocycles. The number of allylic oxidation sites excluding steroid dienone is 2. The van der Waals surface area contributed by atoms with Crippen LogP contribution in [0.3, 0.4) is 0 Å². The van der Waals surface area contributed by atoms with Crippen LogP contribution in [0.1, 0.15) is 39.2 Å². The monoisotopic (exact) mass is 414 g/mol. The van der Waals surface area contributed by atoms with E-state index >= 15 is 0 Å². The average molecular weight is 415 g/mol. The highest BCUT2D eigenvalue weighted by Crippen LogP contribution is 2.42. The van der Waals surface area contributed by atoms with Crippen LogP contribution < -0.4 is 5.32 Å². The van der Waals surface area contributed by atoms with Gasteiger partial charge in [-0.1, -0.05) is 29.8 Å². The summed E-state index contributed by atoms with van der Waals surface area (Å²) in [5.41, 5.74) is 3.12. The minimum atomic E-state index is -0.751. The van der Waals surface area contributed by atoms with Gasteiger partial charge in [-0.2, -0.15) is 0 Å². The van der Waals surface area contributed by atoms with E-state index in [1.54, 1.807) is 27.7 Å². The number of hydrogen-bond acceptors (Lipinski definition) is 6. The Hall–Kier alpha value is -2.86. The van der Waals surface area contributed by atoms with Crippen molar-refractivity contribution in [3.8, 4) is 0 Å².